The molecule has 27 heavy (non-hydrogen) atoms. The lowest BCUT2D eigenvalue weighted by atomic mass is 9.95. The summed E-state index contributed by atoms with van der Waals surface area (Å²) in [5.41, 5.74) is 3.11. The molecule has 140 valence electrons. The number of amides is 1. The number of rotatable bonds is 2. The van der Waals surface area contributed by atoms with E-state index in [2.05, 4.69) is 15.0 Å². The highest BCUT2D eigenvalue weighted by atomic mass is 127. The highest BCUT2D eigenvalue weighted by Gasteiger charge is 2.44. The van der Waals surface area contributed by atoms with E-state index in [4.69, 9.17) is 0 Å². The molecule has 1 N–H and O–H groups in total. The summed E-state index contributed by atoms with van der Waals surface area (Å²) in [4.78, 5) is 25.1. The first-order valence-electron chi connectivity index (χ1n) is 8.29. The molecule has 0 saturated carbocycles. The predicted octanol–water partition coefficient (Wildman–Crippen LogP) is 4.44. The molecule has 0 fully saturated rings. The summed E-state index contributed by atoms with van der Waals surface area (Å²) in [6, 6.07) is 3.73. The Morgan fingerprint density at radius 1 is 1.30 bits per heavy atom. The van der Waals surface area contributed by atoms with Crippen LogP contribution in [0, 0.1) is 0 Å². The number of alkyl halides is 4. The summed E-state index contributed by atoms with van der Waals surface area (Å²) >= 11 is 1.16. The van der Waals surface area contributed by atoms with Gasteiger partial charge in [-0.1, -0.05) is 22.6 Å². The zero-order valence-corrected chi connectivity index (χ0v) is 16.1. The molecule has 0 radical (unpaired) electrons. The Morgan fingerprint density at radius 3 is 2.89 bits per heavy atom. The first-order chi connectivity index (χ1) is 12.9. The van der Waals surface area contributed by atoms with Crippen LogP contribution in [0.2, 0.25) is 0 Å². The van der Waals surface area contributed by atoms with E-state index in [1.54, 1.807) is 24.8 Å². The van der Waals surface area contributed by atoms with Crippen LogP contribution in [-0.2, 0) is 4.79 Å². The Labute approximate surface area is 165 Å². The van der Waals surface area contributed by atoms with Crippen LogP contribution in [0.5, 0.6) is 0 Å². The van der Waals surface area contributed by atoms with Crippen molar-refractivity contribution in [3.63, 3.8) is 0 Å². The van der Waals surface area contributed by atoms with Crippen LogP contribution in [0.15, 0.2) is 36.9 Å². The number of hydrogen-bond donors (Lipinski definition) is 1. The number of nitrogens with one attached hydrogen (secondary N) is 1. The van der Waals surface area contributed by atoms with Crippen molar-refractivity contribution in [2.45, 2.75) is 22.9 Å². The van der Waals surface area contributed by atoms with E-state index in [1.807, 2.05) is 12.1 Å². The number of fused-ring (bicyclic) bond motifs is 3. The molecule has 9 heteroatoms. The number of carbonyl (C=O) groups is 1. The maximum Gasteiger partial charge on any atom is 0.409 e. The van der Waals surface area contributed by atoms with Gasteiger partial charge in [-0.25, -0.2) is 9.97 Å². The Balaban J connectivity index is 1.80. The largest absolute Gasteiger partial charge is 0.409 e. The lowest BCUT2D eigenvalue weighted by Crippen LogP contribution is -2.42. The normalized spacial score (nSPS) is 16.6. The van der Waals surface area contributed by atoms with Gasteiger partial charge in [-0.3, -0.25) is 4.79 Å². The summed E-state index contributed by atoms with van der Waals surface area (Å²) in [7, 11) is 0. The SMILES string of the molecule is O=C(C(I)C(F)(F)F)N1C=C(c2cc[nH]c3cnc4nccc4c23)CCC1. The third kappa shape index (κ3) is 3.28. The van der Waals surface area contributed by atoms with Crippen LogP contribution in [-0.4, -0.2) is 42.4 Å². The first kappa shape index (κ1) is 18.2. The molecule has 4 rings (SSSR count). The van der Waals surface area contributed by atoms with Crippen molar-refractivity contribution >= 4 is 56.0 Å². The molecule has 0 aromatic carbocycles. The minimum absolute atomic E-state index is 0.281. The summed E-state index contributed by atoms with van der Waals surface area (Å²) in [6.07, 6.45) is 3.40. The fourth-order valence-electron chi connectivity index (χ4n) is 3.35. The quantitative estimate of drug-likeness (QED) is 0.431. The van der Waals surface area contributed by atoms with Crippen molar-refractivity contribution in [2.24, 2.45) is 0 Å². The molecule has 0 aliphatic carbocycles. The van der Waals surface area contributed by atoms with Crippen molar-refractivity contribution in [3.05, 3.63) is 42.5 Å². The van der Waals surface area contributed by atoms with E-state index in [1.165, 1.54) is 4.90 Å². The first-order valence-corrected chi connectivity index (χ1v) is 9.54. The van der Waals surface area contributed by atoms with Crippen LogP contribution < -0.4 is 0 Å². The van der Waals surface area contributed by atoms with Crippen molar-refractivity contribution in [2.75, 3.05) is 6.54 Å². The van der Waals surface area contributed by atoms with E-state index < -0.39 is 16.0 Å². The average molecular weight is 486 g/mol. The molecule has 0 saturated heterocycles. The number of halogens is 4. The lowest BCUT2D eigenvalue weighted by Gasteiger charge is -2.28. The molecule has 4 heterocycles. The Bertz CT molecular complexity index is 1060. The molecule has 3 aromatic heterocycles. The van der Waals surface area contributed by atoms with Crippen molar-refractivity contribution in [1.29, 1.82) is 0 Å². The number of aromatic amines is 1. The number of allylic oxidation sites excluding steroid dienone is 1. The average Bonchev–Trinajstić information content (AvgIpc) is 3.14. The molecule has 0 bridgehead atoms. The number of H-pyrrole nitrogens is 1. The van der Waals surface area contributed by atoms with E-state index in [0.717, 1.165) is 50.0 Å². The van der Waals surface area contributed by atoms with Crippen molar-refractivity contribution in [3.8, 4) is 0 Å². The van der Waals surface area contributed by atoms with E-state index in [-0.39, 0.29) is 6.54 Å². The predicted molar refractivity (Wildman–Crippen MR) is 104 cm³/mol. The third-order valence-corrected chi connectivity index (χ3v) is 5.82. The minimum atomic E-state index is -4.56. The number of nitrogens with zero attached hydrogens (tertiary/aromatic N) is 3. The monoisotopic (exact) mass is 486 g/mol. The van der Waals surface area contributed by atoms with Gasteiger partial charge in [0.15, 0.2) is 9.57 Å². The maximum atomic E-state index is 12.9. The van der Waals surface area contributed by atoms with Crippen LogP contribution in [0.1, 0.15) is 18.4 Å². The second kappa shape index (κ2) is 6.77. The van der Waals surface area contributed by atoms with Gasteiger partial charge in [-0.05, 0) is 36.1 Å². The molecule has 1 atom stereocenters. The molecule has 0 spiro atoms. The number of hydrogen-bond acceptors (Lipinski definition) is 3. The van der Waals surface area contributed by atoms with Crippen molar-refractivity contribution < 1.29 is 18.0 Å². The van der Waals surface area contributed by atoms with Crippen LogP contribution in [0.25, 0.3) is 27.5 Å². The van der Waals surface area contributed by atoms with Gasteiger partial charge < -0.3 is 9.88 Å². The summed E-state index contributed by atoms with van der Waals surface area (Å²) in [5.74, 6) is -0.936. The topological polar surface area (TPSA) is 61.9 Å². The van der Waals surface area contributed by atoms with Gasteiger partial charge in [0.2, 0.25) is 5.91 Å². The Kier molecular flexibility index (Phi) is 4.57. The molecular weight excluding hydrogens is 472 g/mol. The molecular formula is C18H14F3IN4O. The van der Waals surface area contributed by atoms with E-state index in [9.17, 15) is 18.0 Å². The highest BCUT2D eigenvalue weighted by molar-refractivity contribution is 14.1. The number of aromatic nitrogens is 3. The molecule has 1 amide bonds. The smallest absolute Gasteiger partial charge is 0.360 e. The van der Waals surface area contributed by atoms with Gasteiger partial charge in [0.1, 0.15) is 0 Å². The van der Waals surface area contributed by atoms with Gasteiger partial charge in [0, 0.05) is 35.9 Å². The third-order valence-electron chi connectivity index (χ3n) is 4.58. The van der Waals surface area contributed by atoms with Gasteiger partial charge in [0.05, 0.1) is 11.7 Å². The van der Waals surface area contributed by atoms with E-state index in [0.29, 0.717) is 18.5 Å². The summed E-state index contributed by atoms with van der Waals surface area (Å²) in [6.45, 7) is 0.281. The molecule has 1 unspecified atom stereocenters. The zero-order chi connectivity index (χ0) is 19.2. The van der Waals surface area contributed by atoms with Crippen molar-refractivity contribution in [1.82, 2.24) is 19.9 Å². The second-order valence-corrected chi connectivity index (χ2v) is 7.56. The molecule has 1 aliphatic heterocycles. The Hall–Kier alpha value is -2.17. The van der Waals surface area contributed by atoms with Crippen LogP contribution >= 0.6 is 22.6 Å². The molecule has 1 aliphatic rings. The number of pyridine rings is 2. The summed E-state index contributed by atoms with van der Waals surface area (Å²) < 4.78 is 36.7. The maximum absolute atomic E-state index is 12.9. The van der Waals surface area contributed by atoms with Gasteiger partial charge in [-0.15, -0.1) is 0 Å². The molecule has 5 nitrogen and oxygen atoms in total. The van der Waals surface area contributed by atoms with Gasteiger partial charge in [0.25, 0.3) is 0 Å². The highest BCUT2D eigenvalue weighted by Crippen LogP contribution is 2.35. The summed E-state index contributed by atoms with van der Waals surface area (Å²) in [5, 5.41) is 1.77. The number of carbonyl (C=O) groups excluding carboxylic acids is 1. The second-order valence-electron chi connectivity index (χ2n) is 6.31. The molecule has 3 aromatic rings. The standard InChI is InChI=1S/C18H14F3IN4O/c19-18(20,21)15(22)17(27)26-7-1-2-10(9-26)11-3-5-23-13-8-25-16-12(14(11)13)4-6-24-16/h3-6,8-9,15,23H,1-2,7H2. The lowest BCUT2D eigenvalue weighted by molar-refractivity contribution is -0.153. The fourth-order valence-corrected chi connectivity index (χ4v) is 3.70. The zero-order valence-electron chi connectivity index (χ0n) is 13.9. The Morgan fingerprint density at radius 2 is 2.11 bits per heavy atom. The van der Waals surface area contributed by atoms with Gasteiger partial charge >= 0.3 is 6.18 Å². The van der Waals surface area contributed by atoms with Gasteiger partial charge in [-0.2, -0.15) is 13.2 Å². The minimum Gasteiger partial charge on any atom is -0.360 e. The van der Waals surface area contributed by atoms with Crippen LogP contribution in [0.3, 0.4) is 0 Å². The fraction of sp³-hybridized carbons (Fsp3) is 0.278. The van der Waals surface area contributed by atoms with E-state index >= 15 is 0 Å². The van der Waals surface area contributed by atoms with Crippen LogP contribution in [0.4, 0.5) is 13.2 Å².